The number of esters is 1. The second-order valence-electron chi connectivity index (χ2n) is 5.27. The zero-order valence-electron chi connectivity index (χ0n) is 11.3. The van der Waals surface area contributed by atoms with Crippen molar-refractivity contribution in [2.45, 2.75) is 39.3 Å². The summed E-state index contributed by atoms with van der Waals surface area (Å²) in [6.07, 6.45) is 1.77. The highest BCUT2D eigenvalue weighted by Crippen LogP contribution is 2.08. The van der Waals surface area contributed by atoms with Gasteiger partial charge in [-0.25, -0.2) is 9.48 Å². The number of ether oxygens (including phenoxy) is 1. The summed E-state index contributed by atoms with van der Waals surface area (Å²) < 4.78 is 7.90. The quantitative estimate of drug-likeness (QED) is 0.781. The summed E-state index contributed by atoms with van der Waals surface area (Å²) in [7, 11) is 0. The lowest BCUT2D eigenvalue weighted by Crippen LogP contribution is -2.27. The maximum atomic E-state index is 11.9. The fourth-order valence-electron chi connectivity index (χ4n) is 1.70. The lowest BCUT2D eigenvalue weighted by Gasteiger charge is -2.19. The molecule has 0 aromatic carbocycles. The van der Waals surface area contributed by atoms with Crippen LogP contribution in [0, 0.1) is 0 Å². The van der Waals surface area contributed by atoms with E-state index in [1.807, 2.05) is 20.8 Å². The second-order valence-corrected chi connectivity index (χ2v) is 5.27. The predicted molar refractivity (Wildman–Crippen MR) is 69.9 cm³/mol. The molecule has 0 bridgehead atoms. The number of nitrogens with zero attached hydrogens (tertiary/aromatic N) is 3. The summed E-state index contributed by atoms with van der Waals surface area (Å²) in [5.74, 6) is -0.337. The Morgan fingerprint density at radius 1 is 1.37 bits per heavy atom. The lowest BCUT2D eigenvalue weighted by molar-refractivity contribution is -0.155. The molecule has 0 unspecified atom stereocenters. The van der Waals surface area contributed by atoms with Crippen molar-refractivity contribution >= 4 is 11.6 Å². The second kappa shape index (κ2) is 4.87. The third-order valence-electron chi connectivity index (χ3n) is 2.44. The van der Waals surface area contributed by atoms with Crippen LogP contribution in [0.15, 0.2) is 29.2 Å². The van der Waals surface area contributed by atoms with E-state index in [1.165, 1.54) is 9.08 Å². The minimum atomic E-state index is -0.513. The highest BCUT2D eigenvalue weighted by molar-refractivity contribution is 5.69. The van der Waals surface area contributed by atoms with Gasteiger partial charge < -0.3 is 4.74 Å². The van der Waals surface area contributed by atoms with E-state index in [-0.39, 0.29) is 24.6 Å². The van der Waals surface area contributed by atoms with E-state index < -0.39 is 5.60 Å². The number of pyridine rings is 1. The molecule has 19 heavy (non-hydrogen) atoms. The molecule has 0 aliphatic heterocycles. The minimum Gasteiger partial charge on any atom is -0.460 e. The van der Waals surface area contributed by atoms with Gasteiger partial charge in [-0.3, -0.25) is 9.20 Å². The van der Waals surface area contributed by atoms with Crippen LogP contribution >= 0.6 is 0 Å². The number of aryl methyl sites for hydroxylation is 1. The first-order valence-corrected chi connectivity index (χ1v) is 6.13. The zero-order chi connectivity index (χ0) is 14.0. The molecule has 2 aromatic heterocycles. The van der Waals surface area contributed by atoms with Crippen molar-refractivity contribution in [2.24, 2.45) is 0 Å². The van der Waals surface area contributed by atoms with Gasteiger partial charge >= 0.3 is 11.7 Å². The number of aromatic nitrogens is 3. The summed E-state index contributed by atoms with van der Waals surface area (Å²) in [6.45, 7) is 5.64. The number of rotatable bonds is 3. The normalized spacial score (nSPS) is 11.7. The van der Waals surface area contributed by atoms with Gasteiger partial charge in [-0.2, -0.15) is 0 Å². The van der Waals surface area contributed by atoms with Crippen LogP contribution in [0.3, 0.4) is 0 Å². The monoisotopic (exact) mass is 263 g/mol. The van der Waals surface area contributed by atoms with Gasteiger partial charge in [0.1, 0.15) is 5.60 Å². The van der Waals surface area contributed by atoms with Crippen molar-refractivity contribution in [1.82, 2.24) is 14.2 Å². The maximum absolute atomic E-state index is 11.9. The van der Waals surface area contributed by atoms with Gasteiger partial charge in [-0.05, 0) is 32.9 Å². The van der Waals surface area contributed by atoms with Crippen LogP contribution in [0.2, 0.25) is 0 Å². The van der Waals surface area contributed by atoms with Crippen LogP contribution < -0.4 is 5.69 Å². The average molecular weight is 263 g/mol. The summed E-state index contributed by atoms with van der Waals surface area (Å²) in [5, 5.41) is 4.14. The molecular formula is C13H17N3O3. The van der Waals surface area contributed by atoms with Crippen molar-refractivity contribution in [3.8, 4) is 0 Å². The first-order chi connectivity index (χ1) is 8.87. The first-order valence-electron chi connectivity index (χ1n) is 6.13. The van der Waals surface area contributed by atoms with Gasteiger partial charge in [0.25, 0.3) is 0 Å². The van der Waals surface area contributed by atoms with Crippen LogP contribution in [0.25, 0.3) is 5.65 Å². The summed E-state index contributed by atoms with van der Waals surface area (Å²) in [4.78, 5) is 23.5. The number of hydrogen-bond donors (Lipinski definition) is 0. The summed E-state index contributed by atoms with van der Waals surface area (Å²) in [6, 6.07) is 5.31. The molecule has 102 valence electrons. The first kappa shape index (κ1) is 13.3. The van der Waals surface area contributed by atoms with E-state index in [2.05, 4.69) is 5.10 Å². The lowest BCUT2D eigenvalue weighted by atomic mass is 10.2. The van der Waals surface area contributed by atoms with Crippen LogP contribution in [-0.2, 0) is 16.1 Å². The van der Waals surface area contributed by atoms with Gasteiger partial charge in [-0.15, -0.1) is 5.10 Å². The molecule has 0 fully saturated rings. The van der Waals surface area contributed by atoms with Crippen LogP contribution in [0.1, 0.15) is 27.2 Å². The minimum absolute atomic E-state index is 0.126. The Morgan fingerprint density at radius 3 is 2.74 bits per heavy atom. The molecular weight excluding hydrogens is 246 g/mol. The highest BCUT2D eigenvalue weighted by atomic mass is 16.6. The van der Waals surface area contributed by atoms with E-state index in [4.69, 9.17) is 4.74 Å². The molecule has 0 aliphatic carbocycles. The largest absolute Gasteiger partial charge is 0.460 e. The molecule has 2 aromatic rings. The fraction of sp³-hybridized carbons (Fsp3) is 0.462. The summed E-state index contributed by atoms with van der Waals surface area (Å²) in [5.41, 5.74) is -0.197. The Morgan fingerprint density at radius 2 is 2.11 bits per heavy atom. The molecule has 6 heteroatoms. The molecule has 0 aliphatic rings. The summed E-state index contributed by atoms with van der Waals surface area (Å²) >= 11 is 0. The Labute approximate surface area is 110 Å². The Balaban J connectivity index is 2.08. The van der Waals surface area contributed by atoms with Crippen molar-refractivity contribution < 1.29 is 9.53 Å². The topological polar surface area (TPSA) is 65.6 Å². The molecule has 0 amide bonds. The zero-order valence-corrected chi connectivity index (χ0v) is 11.3. The Hall–Kier alpha value is -2.11. The van der Waals surface area contributed by atoms with E-state index >= 15 is 0 Å². The smallest absolute Gasteiger partial charge is 0.350 e. The Kier molecular flexibility index (Phi) is 3.42. The molecule has 0 radical (unpaired) electrons. The highest BCUT2D eigenvalue weighted by Gasteiger charge is 2.16. The van der Waals surface area contributed by atoms with Gasteiger partial charge in [0, 0.05) is 6.20 Å². The van der Waals surface area contributed by atoms with Gasteiger partial charge in [0.05, 0.1) is 13.0 Å². The third-order valence-corrected chi connectivity index (χ3v) is 2.44. The number of fused-ring (bicyclic) bond motifs is 1. The molecule has 0 atom stereocenters. The molecule has 0 spiro atoms. The van der Waals surface area contributed by atoms with Gasteiger partial charge in [-0.1, -0.05) is 6.07 Å². The average Bonchev–Trinajstić information content (AvgIpc) is 2.62. The standard InChI is InChI=1S/C13H17N3O3/c1-13(2,3)19-11(17)7-9-16-12(18)15-8-5-4-6-10(15)14-16/h4-6,8H,7,9H2,1-3H3. The predicted octanol–water partition coefficient (Wildman–Crippen LogP) is 1.23. The van der Waals surface area contributed by atoms with Crippen LogP contribution in [0.4, 0.5) is 0 Å². The molecule has 2 rings (SSSR count). The number of carbonyl (C=O) groups is 1. The number of carbonyl (C=O) groups excluding carboxylic acids is 1. The van der Waals surface area contributed by atoms with E-state index in [1.54, 1.807) is 24.4 Å². The van der Waals surface area contributed by atoms with Crippen molar-refractivity contribution in [3.05, 3.63) is 34.9 Å². The molecule has 0 N–H and O–H groups in total. The van der Waals surface area contributed by atoms with Crippen molar-refractivity contribution in [2.75, 3.05) is 0 Å². The van der Waals surface area contributed by atoms with Crippen molar-refractivity contribution in [1.29, 1.82) is 0 Å². The maximum Gasteiger partial charge on any atom is 0.350 e. The molecule has 2 heterocycles. The third kappa shape index (κ3) is 3.21. The number of hydrogen-bond acceptors (Lipinski definition) is 4. The van der Waals surface area contributed by atoms with Crippen LogP contribution in [0.5, 0.6) is 0 Å². The molecule has 6 nitrogen and oxygen atoms in total. The SMILES string of the molecule is CC(C)(C)OC(=O)CCn1nc2ccccn2c1=O. The van der Waals surface area contributed by atoms with E-state index in [0.29, 0.717) is 5.65 Å². The van der Waals surface area contributed by atoms with E-state index in [0.717, 1.165) is 0 Å². The van der Waals surface area contributed by atoms with Crippen LogP contribution in [-0.4, -0.2) is 25.8 Å². The van der Waals surface area contributed by atoms with Gasteiger partial charge in [0.2, 0.25) is 0 Å². The van der Waals surface area contributed by atoms with Crippen molar-refractivity contribution in [3.63, 3.8) is 0 Å². The Bertz CT molecular complexity index is 649. The fourth-order valence-corrected chi connectivity index (χ4v) is 1.70. The van der Waals surface area contributed by atoms with E-state index in [9.17, 15) is 9.59 Å². The molecule has 0 saturated carbocycles. The molecule has 0 saturated heterocycles. The van der Waals surface area contributed by atoms with Gasteiger partial charge in [0.15, 0.2) is 5.65 Å².